The summed E-state index contributed by atoms with van der Waals surface area (Å²) < 4.78 is 64.7. The number of carbonyl (C=O) groups is 1. The summed E-state index contributed by atoms with van der Waals surface area (Å²) in [5, 5.41) is 7.42. The maximum atomic E-state index is 12.4. The molecule has 0 aliphatic heterocycles. The summed E-state index contributed by atoms with van der Waals surface area (Å²) in [5.74, 6) is -0.942. The Bertz CT molecular complexity index is 933. The third-order valence-electron chi connectivity index (χ3n) is 3.04. The number of alkyl halides is 3. The van der Waals surface area contributed by atoms with Crippen LogP contribution in [0.4, 0.5) is 18.9 Å². The van der Waals surface area contributed by atoms with E-state index in [0.717, 1.165) is 6.07 Å². The Morgan fingerprint density at radius 3 is 2.46 bits per heavy atom. The van der Waals surface area contributed by atoms with E-state index in [2.05, 4.69) is 26.0 Å². The number of benzene rings is 2. The molecule has 0 aliphatic carbocycles. The van der Waals surface area contributed by atoms with Crippen LogP contribution in [0.3, 0.4) is 0 Å². The van der Waals surface area contributed by atoms with Crippen LogP contribution in [0.5, 0.6) is 5.75 Å². The third-order valence-corrected chi connectivity index (χ3v) is 4.64. The van der Waals surface area contributed by atoms with E-state index in [0.29, 0.717) is 0 Å². The minimum Gasteiger partial charge on any atom is -0.482 e. The Morgan fingerprint density at radius 1 is 1.19 bits per heavy atom. The highest BCUT2D eigenvalue weighted by atomic mass is 79.9. The first-order valence-electron chi connectivity index (χ1n) is 6.89. The number of rotatable bonds is 5. The van der Waals surface area contributed by atoms with Gasteiger partial charge in [0.2, 0.25) is 10.0 Å². The van der Waals surface area contributed by atoms with Crippen molar-refractivity contribution >= 4 is 37.5 Å². The lowest BCUT2D eigenvalue weighted by atomic mass is 10.2. The first-order valence-corrected chi connectivity index (χ1v) is 9.23. The van der Waals surface area contributed by atoms with Gasteiger partial charge in [0.1, 0.15) is 5.75 Å². The largest absolute Gasteiger partial charge is 0.482 e. The Kier molecular flexibility index (Phi) is 5.94. The molecule has 11 heteroatoms. The van der Waals surface area contributed by atoms with E-state index in [1.165, 1.54) is 36.4 Å². The molecule has 3 N–H and O–H groups in total. The smallest absolute Gasteiger partial charge is 0.422 e. The lowest BCUT2D eigenvalue weighted by Crippen LogP contribution is -2.20. The number of para-hydroxylation sites is 2. The van der Waals surface area contributed by atoms with E-state index in [4.69, 9.17) is 5.14 Å². The van der Waals surface area contributed by atoms with E-state index in [1.54, 1.807) is 0 Å². The van der Waals surface area contributed by atoms with Gasteiger partial charge in [-0.1, -0.05) is 12.1 Å². The second kappa shape index (κ2) is 7.64. The van der Waals surface area contributed by atoms with Gasteiger partial charge in [0.25, 0.3) is 5.91 Å². The number of ether oxygens (including phenoxy) is 1. The van der Waals surface area contributed by atoms with Crippen LogP contribution in [0.25, 0.3) is 0 Å². The molecule has 0 saturated heterocycles. The molecule has 2 aromatic rings. The summed E-state index contributed by atoms with van der Waals surface area (Å²) in [6, 6.07) is 9.12. The zero-order valence-electron chi connectivity index (χ0n) is 12.9. The summed E-state index contributed by atoms with van der Waals surface area (Å²) in [6.07, 6.45) is -4.54. The number of sulfonamides is 1. The monoisotopic (exact) mass is 452 g/mol. The van der Waals surface area contributed by atoms with Gasteiger partial charge >= 0.3 is 6.18 Å². The number of halogens is 4. The minimum atomic E-state index is -4.54. The zero-order chi connectivity index (χ0) is 19.5. The van der Waals surface area contributed by atoms with Gasteiger partial charge in [-0.25, -0.2) is 13.6 Å². The fourth-order valence-corrected chi connectivity index (χ4v) is 2.87. The van der Waals surface area contributed by atoms with E-state index in [-0.39, 0.29) is 26.4 Å². The number of carbonyl (C=O) groups excluding carboxylic acids is 1. The maximum Gasteiger partial charge on any atom is 0.422 e. The van der Waals surface area contributed by atoms with Crippen LogP contribution in [-0.4, -0.2) is 27.1 Å². The Morgan fingerprint density at radius 2 is 1.85 bits per heavy atom. The second-order valence-corrected chi connectivity index (χ2v) is 7.46. The van der Waals surface area contributed by atoms with Crippen molar-refractivity contribution in [2.45, 2.75) is 11.1 Å². The predicted octanol–water partition coefficient (Wildman–Crippen LogP) is 3.29. The van der Waals surface area contributed by atoms with Crippen LogP contribution >= 0.6 is 15.9 Å². The van der Waals surface area contributed by atoms with E-state index >= 15 is 0 Å². The average Bonchev–Trinajstić information content (AvgIpc) is 2.52. The second-order valence-electron chi connectivity index (χ2n) is 5.04. The number of amides is 1. The normalized spacial score (nSPS) is 11.9. The number of nitrogens with two attached hydrogens (primary N) is 1. The predicted molar refractivity (Wildman–Crippen MR) is 91.5 cm³/mol. The van der Waals surface area contributed by atoms with Crippen molar-refractivity contribution in [3.63, 3.8) is 0 Å². The quantitative estimate of drug-likeness (QED) is 0.726. The van der Waals surface area contributed by atoms with Gasteiger partial charge in [-0.3, -0.25) is 4.79 Å². The van der Waals surface area contributed by atoms with Gasteiger partial charge in [-0.2, -0.15) is 13.2 Å². The topological polar surface area (TPSA) is 98.5 Å². The van der Waals surface area contributed by atoms with Crippen molar-refractivity contribution in [2.75, 3.05) is 11.9 Å². The number of nitrogens with one attached hydrogen (secondary N) is 1. The van der Waals surface area contributed by atoms with E-state index in [1.807, 2.05) is 0 Å². The molecule has 0 heterocycles. The number of hydrogen-bond acceptors (Lipinski definition) is 4. The van der Waals surface area contributed by atoms with Crippen LogP contribution in [0.1, 0.15) is 10.4 Å². The van der Waals surface area contributed by atoms with Gasteiger partial charge < -0.3 is 10.1 Å². The molecule has 1 amide bonds. The average molecular weight is 453 g/mol. The summed E-state index contributed by atoms with van der Waals surface area (Å²) >= 11 is 3.11. The summed E-state index contributed by atoms with van der Waals surface area (Å²) in [7, 11) is -4.03. The molecule has 0 aromatic heterocycles. The SMILES string of the molecule is NS(=O)(=O)c1ccc(Br)c(C(=O)Nc2ccccc2OCC(F)(F)F)c1. The number of primary sulfonamides is 1. The highest BCUT2D eigenvalue weighted by Gasteiger charge is 2.29. The fraction of sp³-hybridized carbons (Fsp3) is 0.133. The molecule has 0 atom stereocenters. The van der Waals surface area contributed by atoms with Crippen molar-refractivity contribution in [3.8, 4) is 5.75 Å². The van der Waals surface area contributed by atoms with Gasteiger partial charge in [-0.05, 0) is 46.3 Å². The van der Waals surface area contributed by atoms with Gasteiger partial charge in [0.15, 0.2) is 6.61 Å². The molecule has 140 valence electrons. The first kappa shape index (κ1) is 20.2. The fourth-order valence-electron chi connectivity index (χ4n) is 1.90. The lowest BCUT2D eigenvalue weighted by molar-refractivity contribution is -0.153. The molecule has 0 unspecified atom stereocenters. The van der Waals surface area contributed by atoms with Crippen LogP contribution < -0.4 is 15.2 Å². The summed E-state index contributed by atoms with van der Waals surface area (Å²) in [5.41, 5.74) is -0.0724. The molecule has 0 aliphatic rings. The molecule has 26 heavy (non-hydrogen) atoms. The van der Waals surface area contributed by atoms with E-state index in [9.17, 15) is 26.4 Å². The van der Waals surface area contributed by atoms with Crippen molar-refractivity contribution < 1.29 is 31.1 Å². The van der Waals surface area contributed by atoms with Crippen molar-refractivity contribution in [2.24, 2.45) is 5.14 Å². The van der Waals surface area contributed by atoms with Crippen molar-refractivity contribution in [3.05, 3.63) is 52.5 Å². The van der Waals surface area contributed by atoms with E-state index < -0.39 is 28.7 Å². The molecule has 2 rings (SSSR count). The van der Waals surface area contributed by atoms with Crippen LogP contribution in [0.15, 0.2) is 51.8 Å². The standard InChI is InChI=1S/C15H12BrF3N2O4S/c16-11-6-5-9(26(20,23)24)7-10(11)14(22)21-12-3-1-2-4-13(12)25-8-15(17,18)19/h1-7H,8H2,(H,21,22)(H2,20,23,24). The maximum absolute atomic E-state index is 12.4. The summed E-state index contributed by atoms with van der Waals surface area (Å²) in [6.45, 7) is -1.52. The number of hydrogen-bond donors (Lipinski definition) is 2. The van der Waals surface area contributed by atoms with Crippen molar-refractivity contribution in [1.82, 2.24) is 0 Å². The minimum absolute atomic E-state index is 0.00495. The zero-order valence-corrected chi connectivity index (χ0v) is 15.3. The third kappa shape index (κ3) is 5.44. The lowest BCUT2D eigenvalue weighted by Gasteiger charge is -2.14. The highest BCUT2D eigenvalue weighted by Crippen LogP contribution is 2.28. The molecule has 0 bridgehead atoms. The first-order chi connectivity index (χ1) is 12.0. The molecule has 0 saturated carbocycles. The molecular formula is C15H12BrF3N2O4S. The number of anilines is 1. The molecule has 6 nitrogen and oxygen atoms in total. The van der Waals surface area contributed by atoms with Crippen LogP contribution in [0, 0.1) is 0 Å². The van der Waals surface area contributed by atoms with Gasteiger partial charge in [0, 0.05) is 4.47 Å². The Labute approximate surface area is 155 Å². The summed E-state index contributed by atoms with van der Waals surface area (Å²) in [4.78, 5) is 12.1. The molecular weight excluding hydrogens is 441 g/mol. The van der Waals surface area contributed by atoms with Crippen LogP contribution in [-0.2, 0) is 10.0 Å². The Hall–Kier alpha value is -2.11. The molecule has 2 aromatic carbocycles. The molecule has 0 radical (unpaired) electrons. The van der Waals surface area contributed by atoms with Crippen LogP contribution in [0.2, 0.25) is 0 Å². The molecule has 0 spiro atoms. The van der Waals surface area contributed by atoms with Crippen molar-refractivity contribution in [1.29, 1.82) is 0 Å². The van der Waals surface area contributed by atoms with Gasteiger partial charge in [-0.15, -0.1) is 0 Å². The highest BCUT2D eigenvalue weighted by molar-refractivity contribution is 9.10. The Balaban J connectivity index is 2.29. The molecule has 0 fully saturated rings. The van der Waals surface area contributed by atoms with Gasteiger partial charge in [0.05, 0.1) is 16.1 Å².